The molecule has 0 bridgehead atoms. The van der Waals surface area contributed by atoms with E-state index in [-0.39, 0.29) is 0 Å². The molecule has 2 rings (SSSR count). The van der Waals surface area contributed by atoms with Crippen molar-refractivity contribution in [1.82, 2.24) is 9.36 Å². The monoisotopic (exact) mass is 240 g/mol. The molecule has 0 radical (unpaired) electrons. The quantitative estimate of drug-likeness (QED) is 0.824. The molecule has 1 aliphatic rings. The Morgan fingerprint density at radius 1 is 1.50 bits per heavy atom. The normalized spacial score (nSPS) is 16.1. The Hall–Kier alpha value is -0.680. The smallest absolute Gasteiger partial charge is 0.205 e. The maximum absolute atomic E-state index is 5.59. The van der Waals surface area contributed by atoms with Crippen molar-refractivity contribution >= 4 is 16.7 Å². The summed E-state index contributed by atoms with van der Waals surface area (Å²) in [5, 5.41) is 1.09. The Labute approximate surface area is 101 Å². The number of hydrogen-bond donors (Lipinski definition) is 1. The van der Waals surface area contributed by atoms with Crippen LogP contribution < -0.4 is 10.6 Å². The summed E-state index contributed by atoms with van der Waals surface area (Å²) in [4.78, 5) is 6.99. The van der Waals surface area contributed by atoms with Gasteiger partial charge in [0.1, 0.15) is 5.82 Å². The molecule has 16 heavy (non-hydrogen) atoms. The number of aryl methyl sites for hydroxylation is 1. The van der Waals surface area contributed by atoms with Crippen LogP contribution in [0.1, 0.15) is 38.4 Å². The fourth-order valence-corrected chi connectivity index (χ4v) is 2.75. The van der Waals surface area contributed by atoms with Crippen LogP contribution in [0.2, 0.25) is 0 Å². The predicted octanol–water partition coefficient (Wildman–Crippen LogP) is 1.81. The van der Waals surface area contributed by atoms with Crippen LogP contribution in [0.4, 0.5) is 5.13 Å². The first-order valence-electron chi connectivity index (χ1n) is 6.14. The first-order chi connectivity index (χ1) is 7.85. The van der Waals surface area contributed by atoms with Gasteiger partial charge >= 0.3 is 0 Å². The summed E-state index contributed by atoms with van der Waals surface area (Å²) in [6.45, 7) is 3.88. The molecule has 5 heteroatoms. The summed E-state index contributed by atoms with van der Waals surface area (Å²) in [5.41, 5.74) is 5.59. The van der Waals surface area contributed by atoms with Crippen LogP contribution in [0.25, 0.3) is 0 Å². The van der Waals surface area contributed by atoms with Gasteiger partial charge in [0.05, 0.1) is 0 Å². The lowest BCUT2D eigenvalue weighted by Crippen LogP contribution is -2.41. The third-order valence-corrected chi connectivity index (χ3v) is 3.93. The summed E-state index contributed by atoms with van der Waals surface area (Å²) in [7, 11) is 0. The molecule has 0 aromatic carbocycles. The van der Waals surface area contributed by atoms with Crippen molar-refractivity contribution in [2.45, 2.75) is 45.1 Å². The highest BCUT2D eigenvalue weighted by Gasteiger charge is 2.26. The van der Waals surface area contributed by atoms with E-state index >= 15 is 0 Å². The number of aromatic nitrogens is 2. The first-order valence-corrected chi connectivity index (χ1v) is 6.91. The zero-order valence-corrected chi connectivity index (χ0v) is 10.7. The molecule has 0 atom stereocenters. The topological polar surface area (TPSA) is 55.0 Å². The van der Waals surface area contributed by atoms with Crippen LogP contribution >= 0.6 is 11.5 Å². The van der Waals surface area contributed by atoms with Crippen molar-refractivity contribution in [2.24, 2.45) is 5.73 Å². The van der Waals surface area contributed by atoms with Crippen molar-refractivity contribution in [3.63, 3.8) is 0 Å². The van der Waals surface area contributed by atoms with E-state index in [1.54, 1.807) is 0 Å². The van der Waals surface area contributed by atoms with Crippen molar-refractivity contribution in [2.75, 3.05) is 18.0 Å². The van der Waals surface area contributed by atoms with Gasteiger partial charge in [0.15, 0.2) is 0 Å². The van der Waals surface area contributed by atoms with Gasteiger partial charge in [-0.25, -0.2) is 4.98 Å². The van der Waals surface area contributed by atoms with Crippen LogP contribution in [0, 0.1) is 0 Å². The van der Waals surface area contributed by atoms with Crippen LogP contribution in [0.15, 0.2) is 0 Å². The molecule has 1 aliphatic carbocycles. The Balaban J connectivity index is 2.04. The molecule has 1 aromatic heterocycles. The Morgan fingerprint density at radius 2 is 2.31 bits per heavy atom. The third kappa shape index (κ3) is 2.52. The second-order valence-corrected chi connectivity index (χ2v) is 5.00. The molecule has 1 fully saturated rings. The summed E-state index contributed by atoms with van der Waals surface area (Å²) in [5.74, 6) is 0.970. The van der Waals surface area contributed by atoms with Crippen molar-refractivity contribution < 1.29 is 0 Å². The van der Waals surface area contributed by atoms with Gasteiger partial charge in [0, 0.05) is 30.5 Å². The SMILES string of the molecule is CCc1nsc(N(CCCN)C2CCC2)n1. The molecular weight excluding hydrogens is 220 g/mol. The molecule has 90 valence electrons. The van der Waals surface area contributed by atoms with Crippen molar-refractivity contribution in [1.29, 1.82) is 0 Å². The third-order valence-electron chi connectivity index (χ3n) is 3.14. The molecule has 1 saturated carbocycles. The minimum absolute atomic E-state index is 0.684. The molecule has 4 nitrogen and oxygen atoms in total. The van der Waals surface area contributed by atoms with Gasteiger partial charge in [-0.3, -0.25) is 0 Å². The maximum atomic E-state index is 5.59. The van der Waals surface area contributed by atoms with Gasteiger partial charge in [-0.2, -0.15) is 4.37 Å². The second kappa shape index (κ2) is 5.59. The van der Waals surface area contributed by atoms with Crippen LogP contribution in [-0.2, 0) is 6.42 Å². The fourth-order valence-electron chi connectivity index (χ4n) is 1.90. The molecule has 2 N–H and O–H groups in total. The van der Waals surface area contributed by atoms with E-state index in [2.05, 4.69) is 21.2 Å². The second-order valence-electron chi connectivity index (χ2n) is 4.27. The molecule has 0 saturated heterocycles. The van der Waals surface area contributed by atoms with Crippen LogP contribution in [0.3, 0.4) is 0 Å². The van der Waals surface area contributed by atoms with Gasteiger partial charge in [-0.1, -0.05) is 6.92 Å². The molecule has 0 unspecified atom stereocenters. The molecule has 1 heterocycles. The number of rotatable bonds is 6. The van der Waals surface area contributed by atoms with Gasteiger partial charge in [-0.05, 0) is 32.2 Å². The molecule has 0 aliphatic heterocycles. The van der Waals surface area contributed by atoms with Gasteiger partial charge < -0.3 is 10.6 Å². The largest absolute Gasteiger partial charge is 0.344 e. The van der Waals surface area contributed by atoms with E-state index in [1.165, 1.54) is 30.8 Å². The average Bonchev–Trinajstić information content (AvgIpc) is 2.69. The van der Waals surface area contributed by atoms with Gasteiger partial charge in [0.25, 0.3) is 0 Å². The molecular formula is C11H20N4S. The lowest BCUT2D eigenvalue weighted by atomic mass is 9.92. The number of nitrogens with two attached hydrogens (primary N) is 1. The number of anilines is 1. The Bertz CT molecular complexity index is 322. The standard InChI is InChI=1S/C11H20N4S/c1-2-10-13-11(16-14-10)15(8-4-7-12)9-5-3-6-9/h9H,2-8,12H2,1H3. The van der Waals surface area contributed by atoms with E-state index in [0.717, 1.165) is 36.9 Å². The average molecular weight is 240 g/mol. The number of hydrogen-bond acceptors (Lipinski definition) is 5. The summed E-state index contributed by atoms with van der Waals surface area (Å²) in [6, 6.07) is 0.684. The van der Waals surface area contributed by atoms with Crippen molar-refractivity contribution in [3.8, 4) is 0 Å². The zero-order chi connectivity index (χ0) is 11.4. The van der Waals surface area contributed by atoms with Crippen LogP contribution in [0.5, 0.6) is 0 Å². The van der Waals surface area contributed by atoms with E-state index in [1.807, 2.05) is 0 Å². The van der Waals surface area contributed by atoms with E-state index < -0.39 is 0 Å². The summed E-state index contributed by atoms with van der Waals surface area (Å²) >= 11 is 1.53. The van der Waals surface area contributed by atoms with Gasteiger partial charge in [-0.15, -0.1) is 0 Å². The van der Waals surface area contributed by atoms with E-state index in [4.69, 9.17) is 5.73 Å². The minimum atomic E-state index is 0.684. The lowest BCUT2D eigenvalue weighted by molar-refractivity contribution is 0.384. The fraction of sp³-hybridized carbons (Fsp3) is 0.818. The molecule has 0 spiro atoms. The highest BCUT2D eigenvalue weighted by atomic mass is 32.1. The summed E-state index contributed by atoms with van der Waals surface area (Å²) < 4.78 is 4.36. The van der Waals surface area contributed by atoms with E-state index in [0.29, 0.717) is 6.04 Å². The highest BCUT2D eigenvalue weighted by Crippen LogP contribution is 2.30. The highest BCUT2D eigenvalue weighted by molar-refractivity contribution is 7.09. The molecule has 0 amide bonds. The Morgan fingerprint density at radius 3 is 2.81 bits per heavy atom. The van der Waals surface area contributed by atoms with E-state index in [9.17, 15) is 0 Å². The van der Waals surface area contributed by atoms with Gasteiger partial charge in [0.2, 0.25) is 5.13 Å². The zero-order valence-electron chi connectivity index (χ0n) is 9.85. The van der Waals surface area contributed by atoms with Crippen molar-refractivity contribution in [3.05, 3.63) is 5.82 Å². The number of nitrogens with zero attached hydrogens (tertiary/aromatic N) is 3. The van der Waals surface area contributed by atoms with Crippen LogP contribution in [-0.4, -0.2) is 28.5 Å². The lowest BCUT2D eigenvalue weighted by Gasteiger charge is -2.37. The first kappa shape index (κ1) is 11.8. The minimum Gasteiger partial charge on any atom is -0.344 e. The summed E-state index contributed by atoms with van der Waals surface area (Å²) in [6.07, 6.45) is 5.91. The predicted molar refractivity (Wildman–Crippen MR) is 67.9 cm³/mol. The Kier molecular flexibility index (Phi) is 4.12. The maximum Gasteiger partial charge on any atom is 0.205 e. The molecule has 1 aromatic rings.